The van der Waals surface area contributed by atoms with Crippen molar-refractivity contribution in [1.29, 1.82) is 0 Å². The first-order valence-electron chi connectivity index (χ1n) is 13.0. The van der Waals surface area contributed by atoms with Crippen LogP contribution in [0.2, 0.25) is 5.02 Å². The van der Waals surface area contributed by atoms with Crippen LogP contribution in [-0.2, 0) is 14.3 Å². The zero-order valence-electron chi connectivity index (χ0n) is 22.2. The van der Waals surface area contributed by atoms with Gasteiger partial charge in [-0.15, -0.1) is 5.10 Å². The maximum absolute atomic E-state index is 12.9. The van der Waals surface area contributed by atoms with Gasteiger partial charge in [-0.2, -0.15) is 4.68 Å². The van der Waals surface area contributed by atoms with E-state index in [1.165, 1.54) is 29.2 Å². The Morgan fingerprint density at radius 2 is 1.90 bits per heavy atom. The molecule has 2 heterocycles. The zero-order valence-corrected chi connectivity index (χ0v) is 23.0. The van der Waals surface area contributed by atoms with Crippen LogP contribution in [0.3, 0.4) is 0 Å². The van der Waals surface area contributed by atoms with Crippen molar-refractivity contribution >= 4 is 41.1 Å². The average Bonchev–Trinajstić information content (AvgIpc) is 3.50. The molecule has 0 aliphatic carbocycles. The predicted octanol–water partition coefficient (Wildman–Crippen LogP) is 1.46. The van der Waals surface area contributed by atoms with E-state index in [2.05, 4.69) is 36.4 Å². The molecule has 2 aromatic carbocycles. The number of carbonyl (C=O) groups is 3. The number of hydrogen-bond acceptors (Lipinski definition) is 9. The second kappa shape index (κ2) is 14.9. The first kappa shape index (κ1) is 29.6. The minimum absolute atomic E-state index is 0.0376. The Hall–Kier alpha value is -4.33. The molecule has 0 saturated carbocycles. The monoisotopic (exact) mass is 582 g/mol. The predicted molar refractivity (Wildman–Crippen MR) is 152 cm³/mol. The Morgan fingerprint density at radius 3 is 2.61 bits per heavy atom. The van der Waals surface area contributed by atoms with Crippen LogP contribution < -0.4 is 16.0 Å². The molecule has 1 atom stereocenters. The third-order valence-electron chi connectivity index (χ3n) is 6.32. The highest BCUT2D eigenvalue weighted by Gasteiger charge is 2.17. The molecular formula is C27H31ClN8O5. The number of amides is 2. The first-order valence-corrected chi connectivity index (χ1v) is 13.4. The van der Waals surface area contributed by atoms with Gasteiger partial charge in [0.2, 0.25) is 11.8 Å². The van der Waals surface area contributed by atoms with Crippen LogP contribution in [0, 0.1) is 0 Å². The molecule has 14 heteroatoms. The Kier molecular flexibility index (Phi) is 10.8. The Morgan fingerprint density at radius 1 is 1.12 bits per heavy atom. The summed E-state index contributed by atoms with van der Waals surface area (Å²) in [6.45, 7) is 4.45. The highest BCUT2D eigenvalue weighted by molar-refractivity contribution is 6.30. The fraction of sp³-hybridized carbons (Fsp3) is 0.333. The van der Waals surface area contributed by atoms with Gasteiger partial charge in [-0.3, -0.25) is 14.5 Å². The number of anilines is 1. The lowest BCUT2D eigenvalue weighted by atomic mass is 10.1. The Balaban J connectivity index is 1.39. The molecule has 1 aromatic heterocycles. The van der Waals surface area contributed by atoms with E-state index < -0.39 is 17.9 Å². The van der Waals surface area contributed by atoms with Crippen molar-refractivity contribution in [2.75, 3.05) is 51.3 Å². The Labute approximate surface area is 241 Å². The fourth-order valence-electron chi connectivity index (χ4n) is 4.17. The largest absolute Gasteiger partial charge is 0.478 e. The molecule has 41 heavy (non-hydrogen) atoms. The van der Waals surface area contributed by atoms with Gasteiger partial charge in [0.05, 0.1) is 30.5 Å². The smallest absolute Gasteiger partial charge is 0.335 e. The summed E-state index contributed by atoms with van der Waals surface area (Å²) in [7, 11) is 0. The minimum Gasteiger partial charge on any atom is -0.478 e. The van der Waals surface area contributed by atoms with Gasteiger partial charge < -0.3 is 25.8 Å². The summed E-state index contributed by atoms with van der Waals surface area (Å²) >= 11 is 6.16. The van der Waals surface area contributed by atoms with Crippen LogP contribution in [0.5, 0.6) is 0 Å². The number of aromatic nitrogens is 4. The van der Waals surface area contributed by atoms with Crippen LogP contribution in [0.15, 0.2) is 54.9 Å². The number of aromatic carboxylic acids is 1. The van der Waals surface area contributed by atoms with Crippen molar-refractivity contribution in [2.24, 2.45) is 0 Å². The summed E-state index contributed by atoms with van der Waals surface area (Å²) in [4.78, 5) is 39.0. The van der Waals surface area contributed by atoms with E-state index in [0.29, 0.717) is 48.3 Å². The number of carbonyl (C=O) groups excluding carboxylic acids is 2. The highest BCUT2D eigenvalue weighted by Crippen LogP contribution is 2.20. The maximum atomic E-state index is 12.9. The van der Waals surface area contributed by atoms with Gasteiger partial charge in [-0.25, -0.2) is 4.79 Å². The average molecular weight is 583 g/mol. The highest BCUT2D eigenvalue weighted by atomic mass is 35.5. The van der Waals surface area contributed by atoms with E-state index in [1.54, 1.807) is 36.4 Å². The van der Waals surface area contributed by atoms with Crippen molar-refractivity contribution in [3.05, 3.63) is 71.0 Å². The van der Waals surface area contributed by atoms with Crippen molar-refractivity contribution in [1.82, 2.24) is 35.7 Å². The van der Waals surface area contributed by atoms with E-state index in [9.17, 15) is 14.4 Å². The van der Waals surface area contributed by atoms with Gasteiger partial charge in [0.25, 0.3) is 0 Å². The van der Waals surface area contributed by atoms with E-state index in [0.717, 1.165) is 13.1 Å². The summed E-state index contributed by atoms with van der Waals surface area (Å²) in [5, 5.41) is 29.7. The molecule has 0 radical (unpaired) electrons. The van der Waals surface area contributed by atoms with Gasteiger partial charge in [0.1, 0.15) is 6.33 Å². The normalized spacial score (nSPS) is 14.5. The van der Waals surface area contributed by atoms with E-state index >= 15 is 0 Å². The molecule has 4 N–H and O–H groups in total. The second-order valence-corrected chi connectivity index (χ2v) is 9.70. The fourth-order valence-corrected chi connectivity index (χ4v) is 4.35. The third kappa shape index (κ3) is 9.38. The van der Waals surface area contributed by atoms with Crippen LogP contribution in [0.1, 0.15) is 22.3 Å². The number of rotatable bonds is 13. The van der Waals surface area contributed by atoms with Gasteiger partial charge in [-0.05, 0) is 59.0 Å². The topological polar surface area (TPSA) is 164 Å². The molecule has 1 aliphatic rings. The van der Waals surface area contributed by atoms with Crippen LogP contribution in [0.25, 0.3) is 11.8 Å². The molecule has 1 saturated heterocycles. The molecular weight excluding hydrogens is 552 g/mol. The second-order valence-electron chi connectivity index (χ2n) is 9.27. The van der Waals surface area contributed by atoms with E-state index in [1.807, 2.05) is 0 Å². The van der Waals surface area contributed by atoms with Gasteiger partial charge in [-0.1, -0.05) is 11.6 Å². The lowest BCUT2D eigenvalue weighted by Crippen LogP contribution is -2.44. The molecule has 3 aromatic rings. The summed E-state index contributed by atoms with van der Waals surface area (Å²) < 4.78 is 6.81. The van der Waals surface area contributed by atoms with Crippen LogP contribution in [0.4, 0.5) is 5.69 Å². The number of hydrogen-bond donors (Lipinski definition) is 4. The van der Waals surface area contributed by atoms with Crippen molar-refractivity contribution in [2.45, 2.75) is 12.5 Å². The first-order chi connectivity index (χ1) is 19.9. The molecule has 4 rings (SSSR count). The van der Waals surface area contributed by atoms with Gasteiger partial charge in [0.15, 0.2) is 0 Å². The SMILES string of the molecule is O=C(/C=C/c1cc(Cl)ccc1-n1cnnn1)N[C@H](CNc1ccc(C(=O)O)cc1)CC(=O)NCCN1CCOCC1. The lowest BCUT2D eigenvalue weighted by Gasteiger charge is -2.26. The third-order valence-corrected chi connectivity index (χ3v) is 6.55. The molecule has 13 nitrogen and oxygen atoms in total. The molecule has 216 valence electrons. The number of carboxylic acid groups (broad SMARTS) is 1. The summed E-state index contributed by atoms with van der Waals surface area (Å²) in [6, 6.07) is 10.8. The number of ether oxygens (including phenoxy) is 1. The summed E-state index contributed by atoms with van der Waals surface area (Å²) in [5.41, 5.74) is 2.06. The lowest BCUT2D eigenvalue weighted by molar-refractivity contribution is -0.122. The zero-order chi connectivity index (χ0) is 29.0. The van der Waals surface area contributed by atoms with Crippen molar-refractivity contribution in [3.63, 3.8) is 0 Å². The molecule has 2 amide bonds. The molecule has 0 bridgehead atoms. The molecule has 0 unspecified atom stereocenters. The summed E-state index contributed by atoms with van der Waals surface area (Å²) in [6.07, 6.45) is 4.42. The van der Waals surface area contributed by atoms with Gasteiger partial charge in [0, 0.05) is 61.5 Å². The van der Waals surface area contributed by atoms with Crippen molar-refractivity contribution < 1.29 is 24.2 Å². The van der Waals surface area contributed by atoms with Gasteiger partial charge >= 0.3 is 5.97 Å². The number of morpholine rings is 1. The molecule has 1 aliphatic heterocycles. The standard InChI is InChI=1S/C27H31ClN8O5/c28-21-4-7-24(36-18-31-33-34-36)20(15-21)3-8-25(37)32-23(17-30-22-5-1-19(2-6-22)27(39)40)16-26(38)29-9-10-35-11-13-41-14-12-35/h1-8,15,18,23,30H,9-14,16-17H2,(H,29,38)(H,32,37)(H,39,40)/b8-3+/t23-/m0/s1. The minimum atomic E-state index is -1.02. The van der Waals surface area contributed by atoms with E-state index in [4.69, 9.17) is 21.4 Å². The number of benzene rings is 2. The number of halogens is 1. The maximum Gasteiger partial charge on any atom is 0.335 e. The van der Waals surface area contributed by atoms with Crippen molar-refractivity contribution in [3.8, 4) is 5.69 Å². The summed E-state index contributed by atoms with van der Waals surface area (Å²) in [5.74, 6) is -1.64. The Bertz CT molecular complexity index is 1340. The quantitative estimate of drug-likeness (QED) is 0.217. The van der Waals surface area contributed by atoms with Crippen LogP contribution in [-0.4, -0.2) is 100.0 Å². The number of nitrogens with one attached hydrogen (secondary N) is 3. The number of tetrazole rings is 1. The number of nitrogens with zero attached hydrogens (tertiary/aromatic N) is 5. The van der Waals surface area contributed by atoms with Crippen LogP contribution >= 0.6 is 11.6 Å². The number of carboxylic acids is 1. The molecule has 0 spiro atoms. The van der Waals surface area contributed by atoms with E-state index in [-0.39, 0.29) is 24.4 Å². The molecule has 1 fully saturated rings.